The van der Waals surface area contributed by atoms with E-state index in [1.807, 2.05) is 4.90 Å². The van der Waals surface area contributed by atoms with E-state index in [9.17, 15) is 4.79 Å². The van der Waals surface area contributed by atoms with Crippen molar-refractivity contribution in [2.45, 2.75) is 32.3 Å². The Bertz CT molecular complexity index is 230. The van der Waals surface area contributed by atoms with Crippen LogP contribution in [0.3, 0.4) is 0 Å². The molecule has 0 aromatic rings. The quantitative estimate of drug-likeness (QED) is 0.745. The van der Waals surface area contributed by atoms with E-state index in [1.54, 1.807) is 6.92 Å². The van der Waals surface area contributed by atoms with Gasteiger partial charge in [0.1, 0.15) is 6.10 Å². The number of hydrogen-bond acceptors (Lipinski definition) is 4. The Morgan fingerprint density at radius 2 is 1.94 bits per heavy atom. The fourth-order valence-electron chi connectivity index (χ4n) is 2.11. The molecule has 100 valence electrons. The molecule has 1 amide bonds. The number of ether oxygens (including phenoxy) is 1. The van der Waals surface area contributed by atoms with Crippen LogP contribution in [0, 0.1) is 0 Å². The average Bonchev–Trinajstić information content (AvgIpc) is 2.90. The van der Waals surface area contributed by atoms with Gasteiger partial charge >= 0.3 is 6.09 Å². The lowest BCUT2D eigenvalue weighted by molar-refractivity contribution is 0.0730. The van der Waals surface area contributed by atoms with Crippen LogP contribution < -0.4 is 0 Å². The summed E-state index contributed by atoms with van der Waals surface area (Å²) in [7, 11) is 2.06. The molecule has 2 saturated heterocycles. The van der Waals surface area contributed by atoms with Crippen LogP contribution in [0.2, 0.25) is 0 Å². The third-order valence-corrected chi connectivity index (χ3v) is 2.98. The van der Waals surface area contributed by atoms with Crippen molar-refractivity contribution in [1.82, 2.24) is 9.80 Å². The van der Waals surface area contributed by atoms with Gasteiger partial charge in [-0.15, -0.1) is 0 Å². The molecule has 2 heterocycles. The van der Waals surface area contributed by atoms with Gasteiger partial charge in [-0.05, 0) is 33.2 Å². The molecule has 17 heavy (non-hydrogen) atoms. The topological polar surface area (TPSA) is 53.0 Å². The monoisotopic (exact) mass is 244 g/mol. The van der Waals surface area contributed by atoms with E-state index in [0.717, 1.165) is 45.4 Å². The predicted octanol–water partition coefficient (Wildman–Crippen LogP) is 0.921. The molecule has 0 spiro atoms. The summed E-state index contributed by atoms with van der Waals surface area (Å²) in [5, 5.41) is 7.57. The minimum Gasteiger partial charge on any atom is -0.445 e. The van der Waals surface area contributed by atoms with Gasteiger partial charge in [0.2, 0.25) is 0 Å². The Labute approximate surface area is 103 Å². The van der Waals surface area contributed by atoms with Gasteiger partial charge in [-0.25, -0.2) is 4.79 Å². The van der Waals surface area contributed by atoms with E-state index in [4.69, 9.17) is 9.84 Å². The molecule has 0 aliphatic carbocycles. The highest BCUT2D eigenvalue weighted by molar-refractivity contribution is 5.68. The van der Waals surface area contributed by atoms with Crippen molar-refractivity contribution in [1.29, 1.82) is 0 Å². The minimum absolute atomic E-state index is 0.109. The maximum atomic E-state index is 11.6. The van der Waals surface area contributed by atoms with E-state index >= 15 is 0 Å². The first-order valence-electron chi connectivity index (χ1n) is 6.42. The van der Waals surface area contributed by atoms with Crippen molar-refractivity contribution in [2.24, 2.45) is 0 Å². The van der Waals surface area contributed by atoms with Crippen LogP contribution in [-0.2, 0) is 4.74 Å². The van der Waals surface area contributed by atoms with Crippen molar-refractivity contribution < 1.29 is 14.6 Å². The number of amides is 1. The van der Waals surface area contributed by atoms with Gasteiger partial charge in [-0.3, -0.25) is 0 Å². The van der Waals surface area contributed by atoms with Crippen LogP contribution in [0.5, 0.6) is 0 Å². The second-order valence-corrected chi connectivity index (χ2v) is 4.57. The number of rotatable bonds is 1. The number of aliphatic hydroxyl groups is 1. The molecule has 2 fully saturated rings. The third kappa shape index (κ3) is 4.91. The van der Waals surface area contributed by atoms with Crippen molar-refractivity contribution in [2.75, 3.05) is 39.8 Å². The molecule has 0 aromatic carbocycles. The zero-order valence-electron chi connectivity index (χ0n) is 10.9. The van der Waals surface area contributed by atoms with Gasteiger partial charge in [0.25, 0.3) is 0 Å². The summed E-state index contributed by atoms with van der Waals surface area (Å²) in [5.41, 5.74) is 0. The summed E-state index contributed by atoms with van der Waals surface area (Å²) in [6.45, 7) is 5.61. The Balaban J connectivity index is 0.000000437. The zero-order chi connectivity index (χ0) is 12.7. The largest absolute Gasteiger partial charge is 0.445 e. The van der Waals surface area contributed by atoms with Gasteiger partial charge in [-0.1, -0.05) is 0 Å². The van der Waals surface area contributed by atoms with Gasteiger partial charge in [0.15, 0.2) is 0 Å². The molecule has 1 N–H and O–H groups in total. The van der Waals surface area contributed by atoms with E-state index in [-0.39, 0.29) is 18.8 Å². The molecule has 5 heteroatoms. The molecule has 0 radical (unpaired) electrons. The van der Waals surface area contributed by atoms with Crippen LogP contribution >= 0.6 is 0 Å². The summed E-state index contributed by atoms with van der Waals surface area (Å²) in [6, 6.07) is 0. The number of nitrogens with zero attached hydrogens (tertiary/aromatic N) is 2. The molecular weight excluding hydrogens is 220 g/mol. The first-order chi connectivity index (χ1) is 8.17. The predicted molar refractivity (Wildman–Crippen MR) is 65.9 cm³/mol. The standard InChI is InChI=1S/C10H18N2O2.C2H6O/c1-11-7-4-9(8-11)14-10(13)12-5-2-3-6-12;1-2-3/h9H,2-8H2,1H3;3H,2H2,1H3. The summed E-state index contributed by atoms with van der Waals surface area (Å²) in [5.74, 6) is 0. The second kappa shape index (κ2) is 7.50. The summed E-state index contributed by atoms with van der Waals surface area (Å²) in [4.78, 5) is 15.6. The van der Waals surface area contributed by atoms with Crippen LogP contribution in [0.15, 0.2) is 0 Å². The Kier molecular flexibility index (Phi) is 6.29. The summed E-state index contributed by atoms with van der Waals surface area (Å²) < 4.78 is 5.41. The first-order valence-corrected chi connectivity index (χ1v) is 6.42. The van der Waals surface area contributed by atoms with Crippen molar-refractivity contribution in [3.63, 3.8) is 0 Å². The smallest absolute Gasteiger partial charge is 0.410 e. The Morgan fingerprint density at radius 1 is 1.35 bits per heavy atom. The second-order valence-electron chi connectivity index (χ2n) is 4.57. The van der Waals surface area contributed by atoms with Crippen molar-refractivity contribution in [3.05, 3.63) is 0 Å². The zero-order valence-corrected chi connectivity index (χ0v) is 10.9. The fraction of sp³-hybridized carbons (Fsp3) is 0.917. The number of carbonyl (C=O) groups excluding carboxylic acids is 1. The number of carbonyl (C=O) groups is 1. The lowest BCUT2D eigenvalue weighted by Gasteiger charge is -2.18. The lowest BCUT2D eigenvalue weighted by Crippen LogP contribution is -2.32. The highest BCUT2D eigenvalue weighted by atomic mass is 16.6. The van der Waals surface area contributed by atoms with Gasteiger partial charge in [0.05, 0.1) is 0 Å². The first kappa shape index (κ1) is 14.3. The van der Waals surface area contributed by atoms with E-state index in [0.29, 0.717) is 0 Å². The van der Waals surface area contributed by atoms with Crippen molar-refractivity contribution in [3.8, 4) is 0 Å². The van der Waals surface area contributed by atoms with E-state index in [2.05, 4.69) is 11.9 Å². The van der Waals surface area contributed by atoms with E-state index < -0.39 is 0 Å². The third-order valence-electron chi connectivity index (χ3n) is 2.98. The molecular formula is C12H24N2O3. The number of likely N-dealkylation sites (tertiary alicyclic amines) is 2. The molecule has 2 aliphatic heterocycles. The molecule has 2 rings (SSSR count). The number of hydrogen-bond donors (Lipinski definition) is 1. The minimum atomic E-state index is -0.109. The fourth-order valence-corrected chi connectivity index (χ4v) is 2.11. The Hall–Kier alpha value is -0.810. The summed E-state index contributed by atoms with van der Waals surface area (Å²) >= 11 is 0. The van der Waals surface area contributed by atoms with Crippen LogP contribution in [0.25, 0.3) is 0 Å². The maximum absolute atomic E-state index is 11.6. The van der Waals surface area contributed by atoms with Gasteiger partial charge < -0.3 is 19.6 Å². The highest BCUT2D eigenvalue weighted by Crippen LogP contribution is 2.14. The van der Waals surface area contributed by atoms with E-state index in [1.165, 1.54) is 0 Å². The van der Waals surface area contributed by atoms with Crippen LogP contribution in [-0.4, -0.2) is 66.9 Å². The highest BCUT2D eigenvalue weighted by Gasteiger charge is 2.26. The van der Waals surface area contributed by atoms with Gasteiger partial charge in [0, 0.05) is 32.8 Å². The molecule has 1 unspecified atom stereocenters. The summed E-state index contributed by atoms with van der Waals surface area (Å²) in [6.07, 6.45) is 3.24. The van der Waals surface area contributed by atoms with Crippen LogP contribution in [0.1, 0.15) is 26.2 Å². The molecule has 0 saturated carbocycles. The Morgan fingerprint density at radius 3 is 2.41 bits per heavy atom. The lowest BCUT2D eigenvalue weighted by atomic mass is 10.3. The molecule has 5 nitrogen and oxygen atoms in total. The molecule has 1 atom stereocenters. The number of likely N-dealkylation sites (N-methyl/N-ethyl adjacent to an activating group) is 1. The normalized spacial score (nSPS) is 24.4. The average molecular weight is 244 g/mol. The molecule has 0 bridgehead atoms. The van der Waals surface area contributed by atoms with Crippen LogP contribution in [0.4, 0.5) is 4.79 Å². The van der Waals surface area contributed by atoms with Crippen molar-refractivity contribution >= 4 is 6.09 Å². The number of aliphatic hydroxyl groups excluding tert-OH is 1. The maximum Gasteiger partial charge on any atom is 0.410 e. The molecule has 0 aromatic heterocycles. The SMILES string of the molecule is CCO.CN1CCC(OC(=O)N2CCCC2)C1. The molecule has 2 aliphatic rings. The van der Waals surface area contributed by atoms with Gasteiger partial charge in [-0.2, -0.15) is 0 Å².